The summed E-state index contributed by atoms with van der Waals surface area (Å²) in [5, 5.41) is 2.94. The molecule has 2 aromatic rings. The SMILES string of the molecule is NCCc1ccc(Cl)cc1N(Cc1cccs1)C1CC1. The van der Waals surface area contributed by atoms with E-state index in [2.05, 4.69) is 34.5 Å². The number of nitrogens with zero attached hydrogens (tertiary/aromatic N) is 1. The molecule has 3 rings (SSSR count). The molecule has 1 heterocycles. The van der Waals surface area contributed by atoms with Gasteiger partial charge in [-0.2, -0.15) is 0 Å². The second-order valence-electron chi connectivity index (χ2n) is 5.25. The van der Waals surface area contributed by atoms with Gasteiger partial charge in [-0.15, -0.1) is 11.3 Å². The van der Waals surface area contributed by atoms with Crippen LogP contribution in [0.5, 0.6) is 0 Å². The Labute approximate surface area is 129 Å². The molecule has 20 heavy (non-hydrogen) atoms. The van der Waals surface area contributed by atoms with Gasteiger partial charge in [-0.1, -0.05) is 23.7 Å². The minimum Gasteiger partial charge on any atom is -0.363 e. The molecule has 2 nitrogen and oxygen atoms in total. The Hall–Kier alpha value is -1.03. The molecule has 106 valence electrons. The second kappa shape index (κ2) is 6.17. The summed E-state index contributed by atoms with van der Waals surface area (Å²) in [4.78, 5) is 3.90. The normalized spacial score (nSPS) is 14.5. The summed E-state index contributed by atoms with van der Waals surface area (Å²) in [7, 11) is 0. The van der Waals surface area contributed by atoms with Crippen molar-refractivity contribution < 1.29 is 0 Å². The van der Waals surface area contributed by atoms with E-state index >= 15 is 0 Å². The van der Waals surface area contributed by atoms with Crippen molar-refractivity contribution in [3.05, 3.63) is 51.2 Å². The quantitative estimate of drug-likeness (QED) is 0.871. The number of hydrogen-bond acceptors (Lipinski definition) is 3. The van der Waals surface area contributed by atoms with Gasteiger partial charge in [0.1, 0.15) is 0 Å². The third-order valence-corrected chi connectivity index (χ3v) is 4.76. The van der Waals surface area contributed by atoms with Crippen LogP contribution in [-0.4, -0.2) is 12.6 Å². The molecule has 1 aliphatic rings. The fourth-order valence-electron chi connectivity index (χ4n) is 2.54. The first-order valence-corrected chi connectivity index (χ1v) is 8.31. The van der Waals surface area contributed by atoms with Gasteiger partial charge in [-0.25, -0.2) is 0 Å². The van der Waals surface area contributed by atoms with Crippen LogP contribution in [0, 0.1) is 0 Å². The molecular formula is C16H19ClN2S. The van der Waals surface area contributed by atoms with E-state index in [1.54, 1.807) is 0 Å². The number of nitrogens with two attached hydrogens (primary N) is 1. The lowest BCUT2D eigenvalue weighted by atomic mass is 10.1. The van der Waals surface area contributed by atoms with Crippen LogP contribution < -0.4 is 10.6 Å². The lowest BCUT2D eigenvalue weighted by Gasteiger charge is -2.27. The fourth-order valence-corrected chi connectivity index (χ4v) is 3.41. The first-order chi connectivity index (χ1) is 9.78. The number of halogens is 1. The van der Waals surface area contributed by atoms with Gasteiger partial charge in [-0.05, 0) is 54.9 Å². The third-order valence-electron chi connectivity index (χ3n) is 3.66. The number of anilines is 1. The summed E-state index contributed by atoms with van der Waals surface area (Å²) in [6.45, 7) is 1.65. The highest BCUT2D eigenvalue weighted by Gasteiger charge is 2.30. The Morgan fingerprint density at radius 1 is 1.30 bits per heavy atom. The van der Waals surface area contributed by atoms with Crippen LogP contribution in [0.4, 0.5) is 5.69 Å². The predicted molar refractivity (Wildman–Crippen MR) is 87.7 cm³/mol. The Morgan fingerprint density at radius 3 is 2.80 bits per heavy atom. The molecule has 4 heteroatoms. The van der Waals surface area contributed by atoms with E-state index in [9.17, 15) is 0 Å². The second-order valence-corrected chi connectivity index (χ2v) is 6.72. The number of thiophene rings is 1. The van der Waals surface area contributed by atoms with Crippen LogP contribution in [0.2, 0.25) is 5.02 Å². The Kier molecular flexibility index (Phi) is 4.29. The minimum atomic E-state index is 0.659. The Morgan fingerprint density at radius 2 is 2.15 bits per heavy atom. The average Bonchev–Trinajstić information content (AvgIpc) is 3.15. The molecule has 0 bridgehead atoms. The number of benzene rings is 1. The van der Waals surface area contributed by atoms with E-state index in [0.29, 0.717) is 12.6 Å². The molecule has 1 saturated carbocycles. The summed E-state index contributed by atoms with van der Waals surface area (Å²) < 4.78 is 0. The maximum Gasteiger partial charge on any atom is 0.0526 e. The maximum absolute atomic E-state index is 6.21. The Bertz CT molecular complexity index is 564. The molecule has 0 saturated heterocycles. The van der Waals surface area contributed by atoms with E-state index in [0.717, 1.165) is 18.0 Å². The summed E-state index contributed by atoms with van der Waals surface area (Å²) >= 11 is 8.03. The standard InChI is InChI=1S/C16H19ClN2S/c17-13-4-3-12(7-8-18)16(10-13)19(14-5-6-14)11-15-2-1-9-20-15/h1-4,9-10,14H,5-8,11,18H2. The van der Waals surface area contributed by atoms with Crippen LogP contribution in [0.15, 0.2) is 35.7 Å². The summed E-state index contributed by atoms with van der Waals surface area (Å²) in [6, 6.07) is 11.2. The zero-order chi connectivity index (χ0) is 13.9. The molecule has 0 amide bonds. The van der Waals surface area contributed by atoms with E-state index in [-0.39, 0.29) is 0 Å². The van der Waals surface area contributed by atoms with Crippen LogP contribution in [-0.2, 0) is 13.0 Å². The summed E-state index contributed by atoms with van der Waals surface area (Å²) in [5.74, 6) is 0. The average molecular weight is 307 g/mol. The zero-order valence-corrected chi connectivity index (χ0v) is 13.0. The van der Waals surface area contributed by atoms with Gasteiger partial charge in [-0.3, -0.25) is 0 Å². The molecule has 0 spiro atoms. The molecule has 0 radical (unpaired) electrons. The van der Waals surface area contributed by atoms with Gasteiger partial charge in [0.2, 0.25) is 0 Å². The highest BCUT2D eigenvalue weighted by atomic mass is 35.5. The molecule has 0 unspecified atom stereocenters. The van der Waals surface area contributed by atoms with Crippen LogP contribution in [0.1, 0.15) is 23.3 Å². The molecule has 1 aromatic heterocycles. The van der Waals surface area contributed by atoms with Crippen molar-refractivity contribution in [1.29, 1.82) is 0 Å². The summed E-state index contributed by atoms with van der Waals surface area (Å²) in [6.07, 6.45) is 3.46. The highest BCUT2D eigenvalue weighted by Crippen LogP contribution is 2.36. The van der Waals surface area contributed by atoms with Gasteiger partial charge in [0.15, 0.2) is 0 Å². The van der Waals surface area contributed by atoms with Crippen molar-refractivity contribution in [1.82, 2.24) is 0 Å². The van der Waals surface area contributed by atoms with E-state index in [1.165, 1.54) is 29.0 Å². The highest BCUT2D eigenvalue weighted by molar-refractivity contribution is 7.09. The smallest absolute Gasteiger partial charge is 0.0526 e. The van der Waals surface area contributed by atoms with Gasteiger partial charge in [0.05, 0.1) is 6.54 Å². The number of rotatable bonds is 6. The molecule has 1 aromatic carbocycles. The fraction of sp³-hybridized carbons (Fsp3) is 0.375. The van der Waals surface area contributed by atoms with Crippen LogP contribution in [0.25, 0.3) is 0 Å². The number of hydrogen-bond donors (Lipinski definition) is 1. The lowest BCUT2D eigenvalue weighted by Crippen LogP contribution is -2.26. The Balaban J connectivity index is 1.92. The van der Waals surface area contributed by atoms with Gasteiger partial charge < -0.3 is 10.6 Å². The lowest BCUT2D eigenvalue weighted by molar-refractivity contribution is 0.792. The minimum absolute atomic E-state index is 0.659. The predicted octanol–water partition coefficient (Wildman–Crippen LogP) is 4.07. The largest absolute Gasteiger partial charge is 0.363 e. The molecule has 2 N–H and O–H groups in total. The van der Waals surface area contributed by atoms with Crippen molar-refractivity contribution in [2.24, 2.45) is 5.73 Å². The van der Waals surface area contributed by atoms with Gasteiger partial charge in [0, 0.05) is 21.6 Å². The van der Waals surface area contributed by atoms with Crippen molar-refractivity contribution in [3.63, 3.8) is 0 Å². The molecular weight excluding hydrogens is 288 g/mol. The first kappa shape index (κ1) is 13.9. The van der Waals surface area contributed by atoms with E-state index in [1.807, 2.05) is 17.4 Å². The van der Waals surface area contributed by atoms with Gasteiger partial charge >= 0.3 is 0 Å². The first-order valence-electron chi connectivity index (χ1n) is 7.05. The van der Waals surface area contributed by atoms with Crippen molar-refractivity contribution in [2.45, 2.75) is 31.8 Å². The maximum atomic E-state index is 6.21. The van der Waals surface area contributed by atoms with Crippen molar-refractivity contribution in [2.75, 3.05) is 11.4 Å². The van der Waals surface area contributed by atoms with Crippen molar-refractivity contribution in [3.8, 4) is 0 Å². The van der Waals surface area contributed by atoms with Crippen LogP contribution >= 0.6 is 22.9 Å². The topological polar surface area (TPSA) is 29.3 Å². The van der Waals surface area contributed by atoms with Crippen LogP contribution in [0.3, 0.4) is 0 Å². The van der Waals surface area contributed by atoms with E-state index in [4.69, 9.17) is 17.3 Å². The summed E-state index contributed by atoms with van der Waals surface area (Å²) in [5.41, 5.74) is 8.31. The molecule has 1 aliphatic carbocycles. The monoisotopic (exact) mass is 306 g/mol. The molecule has 0 aliphatic heterocycles. The molecule has 0 atom stereocenters. The van der Waals surface area contributed by atoms with Crippen molar-refractivity contribution >= 4 is 28.6 Å². The third kappa shape index (κ3) is 3.17. The zero-order valence-electron chi connectivity index (χ0n) is 11.4. The van der Waals surface area contributed by atoms with E-state index < -0.39 is 0 Å². The molecule has 1 fully saturated rings. The van der Waals surface area contributed by atoms with Gasteiger partial charge in [0.25, 0.3) is 0 Å².